The molecule has 7 heteroatoms. The van der Waals surface area contributed by atoms with Crippen LogP contribution in [0.3, 0.4) is 0 Å². The maximum Gasteiger partial charge on any atom is 0.231 e. The summed E-state index contributed by atoms with van der Waals surface area (Å²) in [5.74, 6) is 1.39. The number of fused-ring (bicyclic) bond motifs is 1. The predicted molar refractivity (Wildman–Crippen MR) is 118 cm³/mol. The average molecular weight is 435 g/mol. The van der Waals surface area contributed by atoms with E-state index in [1.54, 1.807) is 6.07 Å². The predicted octanol–water partition coefficient (Wildman–Crippen LogP) is 3.68. The van der Waals surface area contributed by atoms with Crippen molar-refractivity contribution in [3.05, 3.63) is 83.9 Å². The number of halogens is 1. The van der Waals surface area contributed by atoms with E-state index in [1.807, 2.05) is 52.2 Å². The fourth-order valence-corrected chi connectivity index (χ4v) is 4.41. The monoisotopic (exact) mass is 435 g/mol. The third-order valence-corrected chi connectivity index (χ3v) is 6.16. The van der Waals surface area contributed by atoms with E-state index in [9.17, 15) is 9.18 Å². The first-order chi connectivity index (χ1) is 15.7. The lowest BCUT2D eigenvalue weighted by Gasteiger charge is -2.35. The van der Waals surface area contributed by atoms with Crippen molar-refractivity contribution in [2.75, 3.05) is 33.0 Å². The highest BCUT2D eigenvalue weighted by Crippen LogP contribution is 2.33. The number of nitrogens with zero attached hydrogens (tertiary/aromatic N) is 3. The zero-order valence-corrected chi connectivity index (χ0v) is 17.8. The lowest BCUT2D eigenvalue weighted by Crippen LogP contribution is -2.48. The van der Waals surface area contributed by atoms with Crippen molar-refractivity contribution in [1.29, 1.82) is 0 Å². The summed E-state index contributed by atoms with van der Waals surface area (Å²) in [6, 6.07) is 16.2. The molecule has 0 bridgehead atoms. The van der Waals surface area contributed by atoms with Gasteiger partial charge in [-0.2, -0.15) is 0 Å². The molecule has 3 aromatic rings. The highest BCUT2D eigenvalue weighted by molar-refractivity contribution is 5.77. The molecule has 1 aromatic heterocycles. The standard InChI is InChI=1S/C25H26FN3O3/c26-21-5-3-4-20(15-21)22(28-8-1-2-9-28)16-25(30)29-12-10-27(11-13-29)17-19-6-7-23-24(14-19)32-18-31-23/h1-9,14-15,22H,10-13,16-18H2. The van der Waals surface area contributed by atoms with Crippen LogP contribution >= 0.6 is 0 Å². The van der Waals surface area contributed by atoms with Crippen LogP contribution in [0.25, 0.3) is 0 Å². The molecule has 5 rings (SSSR count). The van der Waals surface area contributed by atoms with Crippen LogP contribution in [0.2, 0.25) is 0 Å². The first-order valence-corrected chi connectivity index (χ1v) is 10.9. The smallest absolute Gasteiger partial charge is 0.231 e. The van der Waals surface area contributed by atoms with Gasteiger partial charge in [-0.1, -0.05) is 18.2 Å². The summed E-state index contributed by atoms with van der Waals surface area (Å²) in [7, 11) is 0. The van der Waals surface area contributed by atoms with Crippen LogP contribution in [0.4, 0.5) is 4.39 Å². The summed E-state index contributed by atoms with van der Waals surface area (Å²) in [6.45, 7) is 4.09. The van der Waals surface area contributed by atoms with Crippen molar-refractivity contribution < 1.29 is 18.7 Å². The molecule has 2 aromatic carbocycles. The number of ether oxygens (including phenoxy) is 2. The van der Waals surface area contributed by atoms with Crippen LogP contribution < -0.4 is 9.47 Å². The minimum Gasteiger partial charge on any atom is -0.454 e. The third kappa shape index (κ3) is 4.48. The molecule has 1 unspecified atom stereocenters. The van der Waals surface area contributed by atoms with Gasteiger partial charge in [0, 0.05) is 45.1 Å². The number of benzene rings is 2. The molecule has 0 aliphatic carbocycles. The van der Waals surface area contributed by atoms with Gasteiger partial charge in [0.25, 0.3) is 0 Å². The molecule has 1 saturated heterocycles. The van der Waals surface area contributed by atoms with Crippen molar-refractivity contribution in [2.45, 2.75) is 19.0 Å². The van der Waals surface area contributed by atoms with E-state index in [-0.39, 0.29) is 24.6 Å². The number of carbonyl (C=O) groups is 1. The van der Waals surface area contributed by atoms with Crippen LogP contribution in [0, 0.1) is 5.82 Å². The Morgan fingerprint density at radius 1 is 0.938 bits per heavy atom. The van der Waals surface area contributed by atoms with Gasteiger partial charge in [-0.15, -0.1) is 0 Å². The van der Waals surface area contributed by atoms with Crippen molar-refractivity contribution in [2.24, 2.45) is 0 Å². The Hall–Kier alpha value is -3.32. The van der Waals surface area contributed by atoms with E-state index in [0.717, 1.165) is 36.7 Å². The number of hydrogen-bond acceptors (Lipinski definition) is 4. The SMILES string of the molecule is O=C(CC(c1cccc(F)c1)n1cccc1)N1CCN(Cc2ccc3c(c2)OCO3)CC1. The van der Waals surface area contributed by atoms with Gasteiger partial charge in [0.2, 0.25) is 12.7 Å². The second-order valence-electron chi connectivity index (χ2n) is 8.25. The van der Waals surface area contributed by atoms with Gasteiger partial charge in [-0.3, -0.25) is 9.69 Å². The van der Waals surface area contributed by atoms with E-state index < -0.39 is 0 Å². The number of carbonyl (C=O) groups excluding carboxylic acids is 1. The summed E-state index contributed by atoms with van der Waals surface area (Å²) in [4.78, 5) is 17.4. The molecule has 166 valence electrons. The molecular formula is C25H26FN3O3. The van der Waals surface area contributed by atoms with Crippen molar-refractivity contribution in [3.63, 3.8) is 0 Å². The Morgan fingerprint density at radius 2 is 1.72 bits per heavy atom. The van der Waals surface area contributed by atoms with Crippen LogP contribution in [0.1, 0.15) is 23.6 Å². The van der Waals surface area contributed by atoms with Crippen LogP contribution in [0.15, 0.2) is 67.0 Å². The molecule has 0 spiro atoms. The maximum atomic E-state index is 13.8. The highest BCUT2D eigenvalue weighted by Gasteiger charge is 2.25. The van der Waals surface area contributed by atoms with E-state index >= 15 is 0 Å². The molecule has 1 atom stereocenters. The van der Waals surface area contributed by atoms with Crippen molar-refractivity contribution in [3.8, 4) is 11.5 Å². The largest absolute Gasteiger partial charge is 0.454 e. The number of piperazine rings is 1. The highest BCUT2D eigenvalue weighted by atomic mass is 19.1. The van der Waals surface area contributed by atoms with Gasteiger partial charge < -0.3 is 18.9 Å². The van der Waals surface area contributed by atoms with Gasteiger partial charge in [0.1, 0.15) is 5.82 Å². The number of rotatable bonds is 6. The van der Waals surface area contributed by atoms with Crippen molar-refractivity contribution in [1.82, 2.24) is 14.4 Å². The molecule has 3 heterocycles. The maximum absolute atomic E-state index is 13.8. The Morgan fingerprint density at radius 3 is 2.50 bits per heavy atom. The number of hydrogen-bond donors (Lipinski definition) is 0. The van der Waals surface area contributed by atoms with E-state index in [1.165, 1.54) is 17.7 Å². The first-order valence-electron chi connectivity index (χ1n) is 10.9. The molecular weight excluding hydrogens is 409 g/mol. The zero-order valence-electron chi connectivity index (χ0n) is 17.8. The number of amides is 1. The number of aromatic nitrogens is 1. The van der Waals surface area contributed by atoms with Gasteiger partial charge in [-0.25, -0.2) is 4.39 Å². The average Bonchev–Trinajstić information content (AvgIpc) is 3.50. The summed E-state index contributed by atoms with van der Waals surface area (Å²) < 4.78 is 26.7. The van der Waals surface area contributed by atoms with Crippen LogP contribution in [-0.2, 0) is 11.3 Å². The summed E-state index contributed by atoms with van der Waals surface area (Å²) in [5.41, 5.74) is 1.98. The molecule has 0 N–H and O–H groups in total. The van der Waals surface area contributed by atoms with E-state index in [0.29, 0.717) is 19.5 Å². The van der Waals surface area contributed by atoms with Gasteiger partial charge in [0.15, 0.2) is 11.5 Å². The Bertz CT molecular complexity index is 1080. The van der Waals surface area contributed by atoms with Crippen molar-refractivity contribution >= 4 is 5.91 Å². The Balaban J connectivity index is 1.20. The third-order valence-electron chi connectivity index (χ3n) is 6.16. The second kappa shape index (κ2) is 9.04. The molecule has 32 heavy (non-hydrogen) atoms. The van der Waals surface area contributed by atoms with Gasteiger partial charge >= 0.3 is 0 Å². The second-order valence-corrected chi connectivity index (χ2v) is 8.25. The first kappa shape index (κ1) is 20.6. The zero-order chi connectivity index (χ0) is 21.9. The lowest BCUT2D eigenvalue weighted by atomic mass is 10.0. The quantitative estimate of drug-likeness (QED) is 0.593. The molecule has 6 nitrogen and oxygen atoms in total. The Labute approximate surface area is 186 Å². The van der Waals surface area contributed by atoms with Crippen LogP contribution in [0.5, 0.6) is 11.5 Å². The molecule has 2 aliphatic heterocycles. The molecule has 1 fully saturated rings. The van der Waals surface area contributed by atoms with Gasteiger partial charge in [-0.05, 0) is 47.5 Å². The Kier molecular flexibility index (Phi) is 5.81. The van der Waals surface area contributed by atoms with E-state index in [4.69, 9.17) is 9.47 Å². The fourth-order valence-electron chi connectivity index (χ4n) is 4.41. The summed E-state index contributed by atoms with van der Waals surface area (Å²) >= 11 is 0. The minimum atomic E-state index is -0.288. The molecule has 1 amide bonds. The van der Waals surface area contributed by atoms with E-state index in [2.05, 4.69) is 11.0 Å². The fraction of sp³-hybridized carbons (Fsp3) is 0.320. The summed E-state index contributed by atoms with van der Waals surface area (Å²) in [5, 5.41) is 0. The summed E-state index contributed by atoms with van der Waals surface area (Å²) in [6.07, 6.45) is 4.15. The minimum absolute atomic E-state index is 0.0932. The van der Waals surface area contributed by atoms with Gasteiger partial charge in [0.05, 0.1) is 12.5 Å². The topological polar surface area (TPSA) is 46.9 Å². The molecule has 0 radical (unpaired) electrons. The lowest BCUT2D eigenvalue weighted by molar-refractivity contribution is -0.133. The molecule has 2 aliphatic rings. The normalized spacial score (nSPS) is 16.8. The molecule has 0 saturated carbocycles. The van der Waals surface area contributed by atoms with Crippen LogP contribution in [-0.4, -0.2) is 53.2 Å².